The van der Waals surface area contributed by atoms with Crippen LogP contribution in [0.5, 0.6) is 0 Å². The summed E-state index contributed by atoms with van der Waals surface area (Å²) in [6, 6.07) is 14.6. The predicted molar refractivity (Wildman–Crippen MR) is 106 cm³/mol. The van der Waals surface area contributed by atoms with Crippen LogP contribution in [0.1, 0.15) is 28.8 Å². The molecule has 0 bridgehead atoms. The molecule has 25 heavy (non-hydrogen) atoms. The summed E-state index contributed by atoms with van der Waals surface area (Å²) in [5, 5.41) is 6.17. The van der Waals surface area contributed by atoms with Crippen molar-refractivity contribution in [3.8, 4) is 10.6 Å². The first-order valence-corrected chi connectivity index (χ1v) is 10.1. The van der Waals surface area contributed by atoms with Gasteiger partial charge in [0.2, 0.25) is 5.91 Å². The molecule has 130 valence electrons. The SMILES string of the molecule is Cc1nc(-c2cccs2)c(CC(=O)N[C@H](C)CCc2ccccc2)s1. The molecule has 3 nitrogen and oxygen atoms in total. The van der Waals surface area contributed by atoms with Gasteiger partial charge in [0.15, 0.2) is 0 Å². The van der Waals surface area contributed by atoms with Crippen LogP contribution in [-0.2, 0) is 17.6 Å². The molecule has 2 heterocycles. The molecule has 0 aliphatic heterocycles. The van der Waals surface area contributed by atoms with Gasteiger partial charge in [-0.3, -0.25) is 4.79 Å². The Labute approximate surface area is 156 Å². The van der Waals surface area contributed by atoms with E-state index in [-0.39, 0.29) is 11.9 Å². The summed E-state index contributed by atoms with van der Waals surface area (Å²) < 4.78 is 0. The maximum Gasteiger partial charge on any atom is 0.225 e. The molecule has 0 saturated carbocycles. The third-order valence-corrected chi connectivity index (χ3v) is 5.84. The van der Waals surface area contributed by atoms with Gasteiger partial charge < -0.3 is 5.32 Å². The van der Waals surface area contributed by atoms with E-state index < -0.39 is 0 Å². The van der Waals surface area contributed by atoms with Gasteiger partial charge in [-0.1, -0.05) is 36.4 Å². The number of aryl methyl sites for hydroxylation is 2. The van der Waals surface area contributed by atoms with E-state index in [4.69, 9.17) is 0 Å². The predicted octanol–water partition coefficient (Wildman–Crippen LogP) is 4.86. The highest BCUT2D eigenvalue weighted by atomic mass is 32.1. The average Bonchev–Trinajstić information content (AvgIpc) is 3.23. The lowest BCUT2D eigenvalue weighted by atomic mass is 10.1. The van der Waals surface area contributed by atoms with Crippen LogP contribution in [-0.4, -0.2) is 16.9 Å². The number of thiazole rings is 1. The van der Waals surface area contributed by atoms with Crippen molar-refractivity contribution in [3.63, 3.8) is 0 Å². The summed E-state index contributed by atoms with van der Waals surface area (Å²) in [6.07, 6.45) is 2.31. The van der Waals surface area contributed by atoms with Crippen molar-refractivity contribution in [1.82, 2.24) is 10.3 Å². The summed E-state index contributed by atoms with van der Waals surface area (Å²) in [6.45, 7) is 4.06. The number of hydrogen-bond acceptors (Lipinski definition) is 4. The molecule has 3 aromatic rings. The fraction of sp³-hybridized carbons (Fsp3) is 0.300. The highest BCUT2D eigenvalue weighted by molar-refractivity contribution is 7.15. The maximum atomic E-state index is 12.4. The molecule has 1 atom stereocenters. The fourth-order valence-electron chi connectivity index (χ4n) is 2.77. The second-order valence-electron chi connectivity index (χ2n) is 6.15. The first kappa shape index (κ1) is 17.8. The molecule has 1 aromatic carbocycles. The standard InChI is InChI=1S/C20H22N2OS2/c1-14(10-11-16-7-4-3-5-8-16)21-19(23)13-18-20(22-15(2)25-18)17-9-6-12-24-17/h3-9,12,14H,10-11,13H2,1-2H3,(H,21,23)/t14-/m1/s1. The number of thiophene rings is 1. The molecule has 0 aliphatic rings. The second kappa shape index (κ2) is 8.41. The van der Waals surface area contributed by atoms with Crippen molar-refractivity contribution < 1.29 is 4.79 Å². The number of rotatable bonds is 7. The first-order valence-electron chi connectivity index (χ1n) is 8.45. The quantitative estimate of drug-likeness (QED) is 0.645. The highest BCUT2D eigenvalue weighted by Gasteiger charge is 2.16. The van der Waals surface area contributed by atoms with E-state index in [0.29, 0.717) is 6.42 Å². The van der Waals surface area contributed by atoms with Gasteiger partial charge in [0.1, 0.15) is 0 Å². The van der Waals surface area contributed by atoms with E-state index in [0.717, 1.165) is 33.3 Å². The Bertz CT molecular complexity index is 810. The lowest BCUT2D eigenvalue weighted by Crippen LogP contribution is -2.33. The van der Waals surface area contributed by atoms with E-state index in [1.807, 2.05) is 24.4 Å². The smallest absolute Gasteiger partial charge is 0.225 e. The van der Waals surface area contributed by atoms with Crippen LogP contribution in [0, 0.1) is 6.92 Å². The zero-order chi connectivity index (χ0) is 17.6. The molecule has 1 N–H and O–H groups in total. The van der Waals surface area contributed by atoms with E-state index in [1.165, 1.54) is 5.56 Å². The van der Waals surface area contributed by atoms with Crippen molar-refractivity contribution in [1.29, 1.82) is 0 Å². The molecule has 3 rings (SSSR count). The Morgan fingerprint density at radius 1 is 1.20 bits per heavy atom. The van der Waals surface area contributed by atoms with Gasteiger partial charge in [-0.2, -0.15) is 0 Å². The van der Waals surface area contributed by atoms with Crippen LogP contribution in [0.15, 0.2) is 47.8 Å². The molecular weight excluding hydrogens is 348 g/mol. The Morgan fingerprint density at radius 3 is 2.72 bits per heavy atom. The topological polar surface area (TPSA) is 42.0 Å². The van der Waals surface area contributed by atoms with Gasteiger partial charge in [0.25, 0.3) is 0 Å². The molecule has 5 heteroatoms. The minimum Gasteiger partial charge on any atom is -0.353 e. The fourth-order valence-corrected chi connectivity index (χ4v) is 4.52. The Balaban J connectivity index is 1.56. The van der Waals surface area contributed by atoms with Crippen LogP contribution in [0.25, 0.3) is 10.6 Å². The number of amides is 1. The van der Waals surface area contributed by atoms with Crippen LogP contribution >= 0.6 is 22.7 Å². The highest BCUT2D eigenvalue weighted by Crippen LogP contribution is 2.31. The summed E-state index contributed by atoms with van der Waals surface area (Å²) >= 11 is 3.28. The van der Waals surface area contributed by atoms with Gasteiger partial charge in [-0.05, 0) is 43.7 Å². The third-order valence-electron chi connectivity index (χ3n) is 4.00. The third kappa shape index (κ3) is 5.00. The number of nitrogens with zero attached hydrogens (tertiary/aromatic N) is 1. The zero-order valence-corrected chi connectivity index (χ0v) is 16.1. The molecular formula is C20H22N2OS2. The molecule has 0 radical (unpaired) electrons. The van der Waals surface area contributed by atoms with Crippen LogP contribution < -0.4 is 5.32 Å². The lowest BCUT2D eigenvalue weighted by molar-refractivity contribution is -0.121. The van der Waals surface area contributed by atoms with Crippen molar-refractivity contribution >= 4 is 28.6 Å². The summed E-state index contributed by atoms with van der Waals surface area (Å²) in [4.78, 5) is 19.2. The molecule has 0 unspecified atom stereocenters. The summed E-state index contributed by atoms with van der Waals surface area (Å²) in [5.41, 5.74) is 2.27. The number of aromatic nitrogens is 1. The number of benzene rings is 1. The molecule has 0 saturated heterocycles. The van der Waals surface area contributed by atoms with Gasteiger partial charge in [0.05, 0.1) is 22.0 Å². The summed E-state index contributed by atoms with van der Waals surface area (Å²) in [5.74, 6) is 0.0713. The normalized spacial score (nSPS) is 12.1. The van der Waals surface area contributed by atoms with Crippen molar-refractivity contribution in [2.24, 2.45) is 0 Å². The Kier molecular flexibility index (Phi) is 6.00. The maximum absolute atomic E-state index is 12.4. The first-order chi connectivity index (χ1) is 12.1. The van der Waals surface area contributed by atoms with Crippen molar-refractivity contribution in [2.45, 2.75) is 39.2 Å². The summed E-state index contributed by atoms with van der Waals surface area (Å²) in [7, 11) is 0. The van der Waals surface area contributed by atoms with E-state index in [9.17, 15) is 4.79 Å². The second-order valence-corrected chi connectivity index (χ2v) is 8.39. The largest absolute Gasteiger partial charge is 0.353 e. The monoisotopic (exact) mass is 370 g/mol. The van der Waals surface area contributed by atoms with Gasteiger partial charge in [0, 0.05) is 10.9 Å². The zero-order valence-electron chi connectivity index (χ0n) is 14.5. The lowest BCUT2D eigenvalue weighted by Gasteiger charge is -2.13. The van der Waals surface area contributed by atoms with Gasteiger partial charge in [-0.15, -0.1) is 22.7 Å². The number of carbonyl (C=O) groups excluding carboxylic acids is 1. The van der Waals surface area contributed by atoms with E-state index in [1.54, 1.807) is 22.7 Å². The number of hydrogen-bond donors (Lipinski definition) is 1. The van der Waals surface area contributed by atoms with Crippen LogP contribution in [0.3, 0.4) is 0 Å². The van der Waals surface area contributed by atoms with Gasteiger partial charge in [-0.25, -0.2) is 4.98 Å². The van der Waals surface area contributed by atoms with E-state index >= 15 is 0 Å². The van der Waals surface area contributed by atoms with E-state index in [2.05, 4.69) is 47.6 Å². The molecule has 2 aromatic heterocycles. The minimum atomic E-state index is 0.0713. The molecule has 0 aliphatic carbocycles. The van der Waals surface area contributed by atoms with Gasteiger partial charge >= 0.3 is 0 Å². The number of nitrogens with one attached hydrogen (secondary N) is 1. The Morgan fingerprint density at radius 2 is 2.00 bits per heavy atom. The minimum absolute atomic E-state index is 0.0713. The molecule has 1 amide bonds. The number of carbonyl (C=O) groups is 1. The van der Waals surface area contributed by atoms with Crippen LogP contribution in [0.2, 0.25) is 0 Å². The Hall–Kier alpha value is -1.98. The van der Waals surface area contributed by atoms with Crippen molar-refractivity contribution in [2.75, 3.05) is 0 Å². The van der Waals surface area contributed by atoms with Crippen molar-refractivity contribution in [3.05, 3.63) is 63.3 Å². The average molecular weight is 371 g/mol. The molecule has 0 fully saturated rings. The van der Waals surface area contributed by atoms with Crippen LogP contribution in [0.4, 0.5) is 0 Å². The molecule has 0 spiro atoms.